The molecule has 0 fully saturated rings. The molecule has 1 nitrogen and oxygen atoms in total. The third kappa shape index (κ3) is 3.60. The zero-order valence-corrected chi connectivity index (χ0v) is 7.98. The number of rotatable bonds is 2. The third-order valence-electron chi connectivity index (χ3n) is 1.31. The van der Waals surface area contributed by atoms with Crippen molar-refractivity contribution in [3.05, 3.63) is 35.9 Å². The summed E-state index contributed by atoms with van der Waals surface area (Å²) in [6.07, 6.45) is 0.482. The predicted molar refractivity (Wildman–Crippen MR) is 49.5 cm³/mol. The highest BCUT2D eigenvalue weighted by atomic mass is 35.7. The largest absolute Gasteiger partial charge is 0.307 e. The lowest BCUT2D eigenvalue weighted by Crippen LogP contribution is -1.80. The van der Waals surface area contributed by atoms with E-state index >= 15 is 0 Å². The van der Waals surface area contributed by atoms with Gasteiger partial charge in [-0.1, -0.05) is 41.6 Å². The smallest absolute Gasteiger partial charge is 0.170 e. The molecule has 0 N–H and O–H groups in total. The van der Waals surface area contributed by atoms with E-state index in [9.17, 15) is 4.57 Å². The van der Waals surface area contributed by atoms with Crippen LogP contribution in [0, 0.1) is 0 Å². The van der Waals surface area contributed by atoms with Crippen LogP contribution in [-0.4, -0.2) is 6.66 Å². The second-order valence-corrected chi connectivity index (χ2v) is 7.06. The van der Waals surface area contributed by atoms with Crippen LogP contribution in [0.2, 0.25) is 0 Å². The van der Waals surface area contributed by atoms with E-state index in [1.165, 1.54) is 0 Å². The third-order valence-corrected chi connectivity index (χ3v) is 2.60. The lowest BCUT2D eigenvalue weighted by atomic mass is 10.2. The van der Waals surface area contributed by atoms with Gasteiger partial charge < -0.3 is 4.57 Å². The molecule has 11 heavy (non-hydrogen) atoms. The van der Waals surface area contributed by atoms with Gasteiger partial charge in [-0.05, 0) is 5.56 Å². The van der Waals surface area contributed by atoms with Crippen molar-refractivity contribution in [3.8, 4) is 0 Å². The van der Waals surface area contributed by atoms with Gasteiger partial charge in [-0.15, -0.1) is 0 Å². The average molecular weight is 189 g/mol. The fraction of sp³-hybridized carbons (Fsp3) is 0.250. The summed E-state index contributed by atoms with van der Waals surface area (Å²) in [6, 6.07) is 9.62. The second-order valence-electron chi connectivity index (χ2n) is 2.63. The fourth-order valence-electron chi connectivity index (χ4n) is 0.910. The Kier molecular flexibility index (Phi) is 2.75. The van der Waals surface area contributed by atoms with Gasteiger partial charge in [-0.2, -0.15) is 0 Å². The maximum Gasteiger partial charge on any atom is 0.170 e. The first-order valence-corrected chi connectivity index (χ1v) is 6.62. The van der Waals surface area contributed by atoms with Gasteiger partial charge in [0.2, 0.25) is 0 Å². The Morgan fingerprint density at radius 2 is 1.91 bits per heavy atom. The van der Waals surface area contributed by atoms with Crippen LogP contribution in [0.3, 0.4) is 0 Å². The zero-order chi connectivity index (χ0) is 8.32. The molecule has 1 atom stereocenters. The van der Waals surface area contributed by atoms with Crippen LogP contribution in [0.5, 0.6) is 0 Å². The lowest BCUT2D eigenvalue weighted by Gasteiger charge is -2.02. The average Bonchev–Trinajstić information content (AvgIpc) is 1.85. The molecule has 1 unspecified atom stereocenters. The molecule has 0 aliphatic carbocycles. The summed E-state index contributed by atoms with van der Waals surface area (Å²) in [5, 5.41) is 0. The molecule has 0 aliphatic rings. The van der Waals surface area contributed by atoms with E-state index in [2.05, 4.69) is 0 Å². The normalized spacial score (nSPS) is 15.8. The van der Waals surface area contributed by atoms with E-state index in [1.54, 1.807) is 6.66 Å². The minimum Gasteiger partial charge on any atom is -0.307 e. The van der Waals surface area contributed by atoms with Crippen molar-refractivity contribution in [1.82, 2.24) is 0 Å². The Labute approximate surface area is 71.5 Å². The van der Waals surface area contributed by atoms with Crippen molar-refractivity contribution in [1.29, 1.82) is 0 Å². The Bertz CT molecular complexity index is 265. The lowest BCUT2D eigenvalue weighted by molar-refractivity contribution is 0.587. The van der Waals surface area contributed by atoms with E-state index in [-0.39, 0.29) is 0 Å². The first-order chi connectivity index (χ1) is 5.08. The predicted octanol–water partition coefficient (Wildman–Crippen LogP) is 3.33. The van der Waals surface area contributed by atoms with Crippen LogP contribution in [0.4, 0.5) is 0 Å². The number of hydrogen-bond donors (Lipinski definition) is 0. The maximum atomic E-state index is 11.1. The van der Waals surface area contributed by atoms with Gasteiger partial charge in [0.05, 0.1) is 0 Å². The molecule has 0 heterocycles. The molecule has 0 amide bonds. The molecule has 1 aromatic rings. The van der Waals surface area contributed by atoms with Crippen molar-refractivity contribution in [2.45, 2.75) is 6.16 Å². The summed E-state index contributed by atoms with van der Waals surface area (Å²) < 4.78 is 11.1. The van der Waals surface area contributed by atoms with Gasteiger partial charge in [-0.3, -0.25) is 0 Å². The van der Waals surface area contributed by atoms with Gasteiger partial charge in [0.1, 0.15) is 0 Å². The van der Waals surface area contributed by atoms with Gasteiger partial charge in [-0.25, -0.2) is 0 Å². The first-order valence-electron chi connectivity index (χ1n) is 3.38. The molecule has 3 heteroatoms. The Balaban J connectivity index is 2.74. The minimum absolute atomic E-state index is 0.482. The number of benzene rings is 1. The number of halogens is 1. The summed E-state index contributed by atoms with van der Waals surface area (Å²) in [4.78, 5) is 0. The van der Waals surface area contributed by atoms with Crippen LogP contribution in [-0.2, 0) is 10.7 Å². The van der Waals surface area contributed by atoms with E-state index in [1.807, 2.05) is 30.3 Å². The van der Waals surface area contributed by atoms with Crippen LogP contribution >= 0.6 is 17.7 Å². The molecular formula is C8H10ClOP. The Hall–Kier alpha value is -0.260. The molecule has 0 aromatic heterocycles. The quantitative estimate of drug-likeness (QED) is 0.651. The molecule has 0 aliphatic heterocycles. The second kappa shape index (κ2) is 3.42. The fourth-order valence-corrected chi connectivity index (χ4v) is 2.19. The minimum atomic E-state index is -2.42. The van der Waals surface area contributed by atoms with Gasteiger partial charge >= 0.3 is 0 Å². The summed E-state index contributed by atoms with van der Waals surface area (Å²) in [5.41, 5.74) is 1.04. The van der Waals surface area contributed by atoms with Crippen LogP contribution in [0.25, 0.3) is 0 Å². The molecule has 0 saturated heterocycles. The molecule has 0 saturated carbocycles. The first kappa shape index (κ1) is 8.83. The van der Waals surface area contributed by atoms with Crippen LogP contribution in [0.1, 0.15) is 5.56 Å². The van der Waals surface area contributed by atoms with Gasteiger partial charge in [0.15, 0.2) is 6.49 Å². The Morgan fingerprint density at radius 3 is 2.36 bits per heavy atom. The maximum absolute atomic E-state index is 11.1. The van der Waals surface area contributed by atoms with E-state index in [0.717, 1.165) is 5.56 Å². The highest BCUT2D eigenvalue weighted by Gasteiger charge is 2.09. The molecular weight excluding hydrogens is 179 g/mol. The summed E-state index contributed by atoms with van der Waals surface area (Å²) >= 11 is 5.62. The topological polar surface area (TPSA) is 17.1 Å². The summed E-state index contributed by atoms with van der Waals surface area (Å²) in [7, 11) is 0. The van der Waals surface area contributed by atoms with Crippen molar-refractivity contribution >= 4 is 17.7 Å². The van der Waals surface area contributed by atoms with Crippen molar-refractivity contribution in [2.24, 2.45) is 0 Å². The standard InChI is InChI=1S/C8H10ClOP/c1-11(9,10)7-8-5-3-2-4-6-8/h2-6H,7H2,1H3. The van der Waals surface area contributed by atoms with Gasteiger partial charge in [0.25, 0.3) is 0 Å². The van der Waals surface area contributed by atoms with Crippen molar-refractivity contribution < 1.29 is 4.57 Å². The van der Waals surface area contributed by atoms with E-state index in [4.69, 9.17) is 11.2 Å². The van der Waals surface area contributed by atoms with Gasteiger partial charge in [0, 0.05) is 12.8 Å². The SMILES string of the molecule is CP(=O)(Cl)Cc1ccccc1. The molecule has 1 aromatic carbocycles. The highest BCUT2D eigenvalue weighted by molar-refractivity contribution is 7.87. The summed E-state index contributed by atoms with van der Waals surface area (Å²) in [5.74, 6) is 0. The van der Waals surface area contributed by atoms with Crippen LogP contribution in [0.15, 0.2) is 30.3 Å². The molecule has 0 spiro atoms. The summed E-state index contributed by atoms with van der Waals surface area (Å²) in [6.45, 7) is -0.831. The van der Waals surface area contributed by atoms with Crippen molar-refractivity contribution in [3.63, 3.8) is 0 Å². The Morgan fingerprint density at radius 1 is 1.36 bits per heavy atom. The molecule has 0 bridgehead atoms. The highest BCUT2D eigenvalue weighted by Crippen LogP contribution is 2.50. The molecule has 60 valence electrons. The van der Waals surface area contributed by atoms with E-state index < -0.39 is 6.49 Å². The molecule has 0 radical (unpaired) electrons. The molecule has 1 rings (SSSR count). The van der Waals surface area contributed by atoms with Crippen molar-refractivity contribution in [2.75, 3.05) is 6.66 Å². The zero-order valence-electron chi connectivity index (χ0n) is 6.33. The number of hydrogen-bond acceptors (Lipinski definition) is 1. The van der Waals surface area contributed by atoms with Crippen LogP contribution < -0.4 is 0 Å². The monoisotopic (exact) mass is 188 g/mol. The van der Waals surface area contributed by atoms with E-state index in [0.29, 0.717) is 6.16 Å².